The molecule has 0 bridgehead atoms. The van der Waals surface area contributed by atoms with E-state index in [0.717, 1.165) is 20.9 Å². The highest BCUT2D eigenvalue weighted by Crippen LogP contribution is 2.26. The van der Waals surface area contributed by atoms with E-state index < -0.39 is 0 Å². The van der Waals surface area contributed by atoms with Crippen molar-refractivity contribution in [1.29, 1.82) is 0 Å². The Morgan fingerprint density at radius 3 is 2.68 bits per heavy atom. The number of nitrogens with zero attached hydrogens (tertiary/aromatic N) is 1. The number of morpholine rings is 1. The zero-order chi connectivity index (χ0) is 15.7. The predicted molar refractivity (Wildman–Crippen MR) is 84.8 cm³/mol. The molecule has 0 aliphatic carbocycles. The molecule has 1 aromatic carbocycles. The first-order valence-electron chi connectivity index (χ1n) is 7.28. The highest BCUT2D eigenvalue weighted by atomic mass is 32.1. The van der Waals surface area contributed by atoms with E-state index in [2.05, 4.69) is 0 Å². The summed E-state index contributed by atoms with van der Waals surface area (Å²) in [7, 11) is 0. The van der Waals surface area contributed by atoms with Gasteiger partial charge < -0.3 is 9.64 Å². The Morgan fingerprint density at radius 1 is 1.32 bits per heavy atom. The first-order valence-corrected chi connectivity index (χ1v) is 8.09. The number of rotatable bonds is 2. The van der Waals surface area contributed by atoms with Gasteiger partial charge in [-0.1, -0.05) is 12.1 Å². The van der Waals surface area contributed by atoms with Crippen LogP contribution in [0.15, 0.2) is 30.3 Å². The van der Waals surface area contributed by atoms with Gasteiger partial charge in [0.1, 0.15) is 11.9 Å². The van der Waals surface area contributed by atoms with E-state index in [1.165, 1.54) is 12.1 Å². The third-order valence-corrected chi connectivity index (χ3v) is 4.83. The number of halogens is 1. The minimum absolute atomic E-state index is 0.0530. The molecule has 3 rings (SSSR count). The van der Waals surface area contributed by atoms with Crippen molar-refractivity contribution in [2.45, 2.75) is 20.0 Å². The highest BCUT2D eigenvalue weighted by molar-refractivity contribution is 7.12. The summed E-state index contributed by atoms with van der Waals surface area (Å²) in [4.78, 5) is 16.7. The Balaban J connectivity index is 1.76. The maximum atomic E-state index is 13.0. The summed E-state index contributed by atoms with van der Waals surface area (Å²) in [6, 6.07) is 8.23. The summed E-state index contributed by atoms with van der Waals surface area (Å²) in [5.74, 6) is -0.214. The van der Waals surface area contributed by atoms with Gasteiger partial charge in [0.15, 0.2) is 0 Å². The van der Waals surface area contributed by atoms with Gasteiger partial charge >= 0.3 is 0 Å². The molecule has 0 N–H and O–H groups in total. The lowest BCUT2D eigenvalue weighted by Crippen LogP contribution is -2.42. The molecule has 1 aromatic heterocycles. The molecule has 1 atom stereocenters. The molecule has 5 heteroatoms. The second-order valence-corrected chi connectivity index (χ2v) is 6.95. The van der Waals surface area contributed by atoms with E-state index >= 15 is 0 Å². The van der Waals surface area contributed by atoms with Crippen molar-refractivity contribution in [1.82, 2.24) is 4.90 Å². The van der Waals surface area contributed by atoms with Crippen LogP contribution in [-0.4, -0.2) is 30.5 Å². The molecular weight excluding hydrogens is 301 g/mol. The molecule has 116 valence electrons. The van der Waals surface area contributed by atoms with Gasteiger partial charge in [0.2, 0.25) is 0 Å². The third-order valence-electron chi connectivity index (χ3n) is 3.87. The molecule has 1 fully saturated rings. The van der Waals surface area contributed by atoms with Gasteiger partial charge in [-0.3, -0.25) is 4.79 Å². The first kappa shape index (κ1) is 15.2. The number of hydrogen-bond donors (Lipinski definition) is 0. The zero-order valence-corrected chi connectivity index (χ0v) is 13.5. The fourth-order valence-corrected chi connectivity index (χ4v) is 3.64. The Kier molecular flexibility index (Phi) is 4.27. The van der Waals surface area contributed by atoms with E-state index in [4.69, 9.17) is 4.74 Å². The van der Waals surface area contributed by atoms with E-state index in [1.807, 2.05) is 24.8 Å². The fourth-order valence-electron chi connectivity index (χ4n) is 2.73. The minimum Gasteiger partial charge on any atom is -0.370 e. The molecule has 2 aromatic rings. The van der Waals surface area contributed by atoms with Crippen molar-refractivity contribution in [3.05, 3.63) is 57.0 Å². The fraction of sp³-hybridized carbons (Fsp3) is 0.353. The number of hydrogen-bond acceptors (Lipinski definition) is 3. The summed E-state index contributed by atoms with van der Waals surface area (Å²) < 4.78 is 18.8. The maximum absolute atomic E-state index is 13.0. The topological polar surface area (TPSA) is 29.5 Å². The van der Waals surface area contributed by atoms with Crippen LogP contribution in [0.1, 0.15) is 31.8 Å². The smallest absolute Gasteiger partial charge is 0.255 e. The van der Waals surface area contributed by atoms with Crippen LogP contribution >= 0.6 is 11.3 Å². The lowest BCUT2D eigenvalue weighted by molar-refractivity contribution is -0.0228. The molecular formula is C17H18FNO2S. The monoisotopic (exact) mass is 319 g/mol. The molecule has 1 amide bonds. The third kappa shape index (κ3) is 3.05. The number of thiophene rings is 1. The van der Waals surface area contributed by atoms with Gasteiger partial charge in [-0.15, -0.1) is 11.3 Å². The van der Waals surface area contributed by atoms with Crippen molar-refractivity contribution >= 4 is 17.2 Å². The van der Waals surface area contributed by atoms with Crippen molar-refractivity contribution < 1.29 is 13.9 Å². The summed E-state index contributed by atoms with van der Waals surface area (Å²) in [5, 5.41) is 0. The van der Waals surface area contributed by atoms with Gasteiger partial charge in [0, 0.05) is 16.3 Å². The van der Waals surface area contributed by atoms with Crippen LogP contribution in [0.4, 0.5) is 4.39 Å². The normalized spacial score (nSPS) is 18.5. The van der Waals surface area contributed by atoms with Crippen LogP contribution in [0.2, 0.25) is 0 Å². The Labute approximate surface area is 133 Å². The molecule has 0 spiro atoms. The lowest BCUT2D eigenvalue weighted by Gasteiger charge is -2.33. The van der Waals surface area contributed by atoms with E-state index in [0.29, 0.717) is 19.7 Å². The van der Waals surface area contributed by atoms with Crippen molar-refractivity contribution in [3.8, 4) is 0 Å². The van der Waals surface area contributed by atoms with Gasteiger partial charge in [0.05, 0.1) is 18.7 Å². The summed E-state index contributed by atoms with van der Waals surface area (Å²) in [6.45, 7) is 5.57. The van der Waals surface area contributed by atoms with Crippen molar-refractivity contribution in [2.24, 2.45) is 0 Å². The first-order chi connectivity index (χ1) is 10.5. The molecule has 1 saturated heterocycles. The van der Waals surface area contributed by atoms with Gasteiger partial charge in [0.25, 0.3) is 5.91 Å². The van der Waals surface area contributed by atoms with Crippen LogP contribution in [0, 0.1) is 19.7 Å². The average molecular weight is 319 g/mol. The number of amides is 1. The summed E-state index contributed by atoms with van der Waals surface area (Å²) in [5.41, 5.74) is 1.68. The van der Waals surface area contributed by atoms with Crippen LogP contribution in [0.5, 0.6) is 0 Å². The molecule has 3 nitrogen and oxygen atoms in total. The van der Waals surface area contributed by atoms with Gasteiger partial charge in [-0.05, 0) is 37.6 Å². The average Bonchev–Trinajstić information content (AvgIpc) is 2.86. The Bertz CT molecular complexity index is 680. The quantitative estimate of drug-likeness (QED) is 0.844. The van der Waals surface area contributed by atoms with Gasteiger partial charge in [-0.2, -0.15) is 0 Å². The van der Waals surface area contributed by atoms with Crippen LogP contribution < -0.4 is 0 Å². The second-order valence-electron chi connectivity index (χ2n) is 5.49. The number of ether oxygens (including phenoxy) is 1. The summed E-state index contributed by atoms with van der Waals surface area (Å²) >= 11 is 1.64. The van der Waals surface area contributed by atoms with Crippen LogP contribution in [-0.2, 0) is 4.74 Å². The number of carbonyl (C=O) groups is 1. The number of benzene rings is 1. The maximum Gasteiger partial charge on any atom is 0.255 e. The molecule has 1 aliphatic rings. The molecule has 0 saturated carbocycles. The van der Waals surface area contributed by atoms with E-state index in [9.17, 15) is 9.18 Å². The molecule has 0 radical (unpaired) electrons. The second kappa shape index (κ2) is 6.18. The summed E-state index contributed by atoms with van der Waals surface area (Å²) in [6.07, 6.45) is -0.196. The van der Waals surface area contributed by atoms with Crippen molar-refractivity contribution in [2.75, 3.05) is 19.7 Å². The standard InChI is InChI=1S/C17H18FNO2S/c1-11-9-15(12(2)22-11)17(20)19-7-8-21-16(10-19)13-3-5-14(18)6-4-13/h3-6,9,16H,7-8,10H2,1-2H3. The van der Waals surface area contributed by atoms with E-state index in [-0.39, 0.29) is 17.8 Å². The van der Waals surface area contributed by atoms with Gasteiger partial charge in [-0.25, -0.2) is 4.39 Å². The molecule has 1 aliphatic heterocycles. The molecule has 1 unspecified atom stereocenters. The molecule has 22 heavy (non-hydrogen) atoms. The lowest BCUT2D eigenvalue weighted by atomic mass is 10.1. The van der Waals surface area contributed by atoms with Crippen LogP contribution in [0.3, 0.4) is 0 Å². The largest absolute Gasteiger partial charge is 0.370 e. The highest BCUT2D eigenvalue weighted by Gasteiger charge is 2.27. The van der Waals surface area contributed by atoms with Crippen LogP contribution in [0.25, 0.3) is 0 Å². The minimum atomic E-state index is -0.267. The SMILES string of the molecule is Cc1cc(C(=O)N2CCOC(c3ccc(F)cc3)C2)c(C)s1. The number of aryl methyl sites for hydroxylation is 2. The van der Waals surface area contributed by atoms with E-state index in [1.54, 1.807) is 23.5 Å². The Hall–Kier alpha value is -1.72. The number of carbonyl (C=O) groups excluding carboxylic acids is 1. The Morgan fingerprint density at radius 2 is 2.05 bits per heavy atom. The predicted octanol–water partition coefficient (Wildman–Crippen LogP) is 3.72. The van der Waals surface area contributed by atoms with Crippen molar-refractivity contribution in [3.63, 3.8) is 0 Å². The zero-order valence-electron chi connectivity index (χ0n) is 12.6. The molecule has 2 heterocycles.